The number of carbonyl (C=O) groups excluding carboxylic acids is 2. The van der Waals surface area contributed by atoms with E-state index in [1.165, 1.54) is 16.7 Å². The molecule has 1 aliphatic carbocycles. The zero-order valence-electron chi connectivity index (χ0n) is 12.6. The summed E-state index contributed by atoms with van der Waals surface area (Å²) in [5.41, 5.74) is 0. The van der Waals surface area contributed by atoms with Crippen LogP contribution in [0.3, 0.4) is 0 Å². The van der Waals surface area contributed by atoms with Crippen molar-refractivity contribution in [2.75, 3.05) is 19.3 Å². The van der Waals surface area contributed by atoms with Crippen molar-refractivity contribution in [1.82, 2.24) is 25.0 Å². The van der Waals surface area contributed by atoms with Gasteiger partial charge in [-0.3, -0.25) is 9.59 Å². The average molecular weight is 311 g/mol. The minimum atomic E-state index is -0.0938. The largest absolute Gasteiger partial charge is 0.352 e. The van der Waals surface area contributed by atoms with Gasteiger partial charge in [-0.2, -0.15) is 0 Å². The number of amides is 2. The zero-order chi connectivity index (χ0) is 15.4. The molecule has 7 nitrogen and oxygen atoms in total. The number of nitrogens with zero attached hydrogens (tertiary/aromatic N) is 4. The summed E-state index contributed by atoms with van der Waals surface area (Å²) < 4.78 is 1.91. The lowest BCUT2D eigenvalue weighted by atomic mass is 10.4. The molecule has 1 N–H and O–H groups in total. The number of likely N-dealkylation sites (N-methyl/N-ethyl adjacent to an activating group) is 1. The number of hydrogen-bond donors (Lipinski definition) is 1. The highest BCUT2D eigenvalue weighted by atomic mass is 32.2. The van der Waals surface area contributed by atoms with E-state index in [9.17, 15) is 9.59 Å². The molecule has 0 radical (unpaired) electrons. The molecular weight excluding hydrogens is 290 g/mol. The molecule has 0 aromatic carbocycles. The van der Waals surface area contributed by atoms with Crippen LogP contribution < -0.4 is 5.32 Å². The normalized spacial score (nSPS) is 14.3. The number of aromatic nitrogens is 3. The van der Waals surface area contributed by atoms with Gasteiger partial charge in [0, 0.05) is 19.1 Å². The van der Waals surface area contributed by atoms with Gasteiger partial charge in [-0.05, 0) is 26.7 Å². The van der Waals surface area contributed by atoms with Gasteiger partial charge in [0.25, 0.3) is 0 Å². The van der Waals surface area contributed by atoms with Gasteiger partial charge < -0.3 is 14.8 Å². The standard InChI is InChI=1S/C13H21N5O2S/c1-9(2)18-8-14-16-13(18)21-7-12(20)17(3)6-11(19)15-10-4-5-10/h8-10H,4-7H2,1-3H3,(H,15,19). The summed E-state index contributed by atoms with van der Waals surface area (Å²) in [5, 5.41) is 11.4. The second-order valence-electron chi connectivity index (χ2n) is 5.49. The highest BCUT2D eigenvalue weighted by Gasteiger charge is 2.24. The number of rotatable bonds is 7. The summed E-state index contributed by atoms with van der Waals surface area (Å²) in [6.45, 7) is 4.17. The molecular formula is C13H21N5O2S. The molecule has 1 aliphatic rings. The van der Waals surface area contributed by atoms with E-state index in [4.69, 9.17) is 0 Å². The Morgan fingerprint density at radius 2 is 2.24 bits per heavy atom. The first-order valence-corrected chi connectivity index (χ1v) is 8.01. The van der Waals surface area contributed by atoms with Crippen LogP contribution in [0.15, 0.2) is 11.5 Å². The molecule has 8 heteroatoms. The van der Waals surface area contributed by atoms with Gasteiger partial charge >= 0.3 is 0 Å². The Kier molecular flexibility index (Phi) is 5.22. The predicted molar refractivity (Wildman–Crippen MR) is 79.9 cm³/mol. The summed E-state index contributed by atoms with van der Waals surface area (Å²) in [4.78, 5) is 25.1. The van der Waals surface area contributed by atoms with E-state index in [2.05, 4.69) is 15.5 Å². The van der Waals surface area contributed by atoms with Gasteiger partial charge in [0.2, 0.25) is 11.8 Å². The first-order chi connectivity index (χ1) is 9.97. The van der Waals surface area contributed by atoms with E-state index in [0.29, 0.717) is 11.2 Å². The van der Waals surface area contributed by atoms with E-state index in [1.807, 2.05) is 18.4 Å². The Bertz CT molecular complexity index is 512. The molecule has 1 heterocycles. The molecule has 0 atom stereocenters. The predicted octanol–water partition coefficient (Wildman–Crippen LogP) is 0.688. The second-order valence-corrected chi connectivity index (χ2v) is 6.44. The molecule has 1 saturated carbocycles. The van der Waals surface area contributed by atoms with E-state index in [0.717, 1.165) is 12.8 Å². The minimum Gasteiger partial charge on any atom is -0.352 e. The Labute approximate surface area is 128 Å². The van der Waals surface area contributed by atoms with E-state index in [-0.39, 0.29) is 30.2 Å². The molecule has 2 rings (SSSR count). The third-order valence-electron chi connectivity index (χ3n) is 3.17. The fourth-order valence-electron chi connectivity index (χ4n) is 1.73. The molecule has 0 aliphatic heterocycles. The quantitative estimate of drug-likeness (QED) is 0.749. The molecule has 1 fully saturated rings. The topological polar surface area (TPSA) is 80.1 Å². The molecule has 0 saturated heterocycles. The summed E-state index contributed by atoms with van der Waals surface area (Å²) in [6.07, 6.45) is 3.75. The van der Waals surface area contributed by atoms with Crippen molar-refractivity contribution in [2.45, 2.75) is 43.9 Å². The number of hydrogen-bond acceptors (Lipinski definition) is 5. The third kappa shape index (κ3) is 4.73. The molecule has 21 heavy (non-hydrogen) atoms. The highest BCUT2D eigenvalue weighted by molar-refractivity contribution is 7.99. The second kappa shape index (κ2) is 6.93. The van der Waals surface area contributed by atoms with Crippen LogP contribution in [0.25, 0.3) is 0 Å². The lowest BCUT2D eigenvalue weighted by Gasteiger charge is -2.16. The lowest BCUT2D eigenvalue weighted by Crippen LogP contribution is -2.39. The van der Waals surface area contributed by atoms with Gasteiger partial charge in [0.1, 0.15) is 6.33 Å². The number of thioether (sulfide) groups is 1. The first-order valence-electron chi connectivity index (χ1n) is 7.03. The van der Waals surface area contributed by atoms with Gasteiger partial charge in [-0.15, -0.1) is 10.2 Å². The van der Waals surface area contributed by atoms with Crippen molar-refractivity contribution in [2.24, 2.45) is 0 Å². The van der Waals surface area contributed by atoms with Crippen molar-refractivity contribution >= 4 is 23.6 Å². The molecule has 0 spiro atoms. The zero-order valence-corrected chi connectivity index (χ0v) is 13.4. The van der Waals surface area contributed by atoms with Crippen LogP contribution in [0.4, 0.5) is 0 Å². The molecule has 0 bridgehead atoms. The van der Waals surface area contributed by atoms with Crippen LogP contribution in [0, 0.1) is 0 Å². The number of nitrogens with one attached hydrogen (secondary N) is 1. The van der Waals surface area contributed by atoms with Crippen LogP contribution in [0.2, 0.25) is 0 Å². The average Bonchev–Trinajstić information content (AvgIpc) is 3.09. The van der Waals surface area contributed by atoms with Gasteiger partial charge in [0.15, 0.2) is 5.16 Å². The van der Waals surface area contributed by atoms with Gasteiger partial charge in [0.05, 0.1) is 12.3 Å². The maximum absolute atomic E-state index is 12.0. The minimum absolute atomic E-state index is 0.0933. The van der Waals surface area contributed by atoms with Crippen LogP contribution in [0.5, 0.6) is 0 Å². The third-order valence-corrected chi connectivity index (χ3v) is 4.11. The van der Waals surface area contributed by atoms with Crippen molar-refractivity contribution in [1.29, 1.82) is 0 Å². The Morgan fingerprint density at radius 1 is 1.52 bits per heavy atom. The van der Waals surface area contributed by atoms with Crippen molar-refractivity contribution in [3.8, 4) is 0 Å². The van der Waals surface area contributed by atoms with Crippen molar-refractivity contribution in [3.05, 3.63) is 6.33 Å². The Balaban J connectivity index is 1.77. The van der Waals surface area contributed by atoms with E-state index >= 15 is 0 Å². The molecule has 0 unspecified atom stereocenters. The van der Waals surface area contributed by atoms with Crippen LogP contribution >= 0.6 is 11.8 Å². The molecule has 1 aromatic heterocycles. The summed E-state index contributed by atoms with van der Waals surface area (Å²) in [7, 11) is 1.64. The lowest BCUT2D eigenvalue weighted by molar-refractivity contribution is -0.132. The molecule has 1 aromatic rings. The first kappa shape index (κ1) is 15.8. The van der Waals surface area contributed by atoms with E-state index < -0.39 is 0 Å². The monoisotopic (exact) mass is 311 g/mol. The van der Waals surface area contributed by atoms with Crippen molar-refractivity contribution in [3.63, 3.8) is 0 Å². The van der Waals surface area contributed by atoms with Crippen LogP contribution in [-0.4, -0.2) is 56.9 Å². The van der Waals surface area contributed by atoms with Crippen LogP contribution in [0.1, 0.15) is 32.7 Å². The van der Waals surface area contributed by atoms with Gasteiger partial charge in [-0.25, -0.2) is 0 Å². The molecule has 2 amide bonds. The van der Waals surface area contributed by atoms with E-state index in [1.54, 1.807) is 13.4 Å². The van der Waals surface area contributed by atoms with Crippen LogP contribution in [-0.2, 0) is 9.59 Å². The summed E-state index contributed by atoms with van der Waals surface area (Å²) >= 11 is 1.34. The maximum atomic E-state index is 12.0. The maximum Gasteiger partial charge on any atom is 0.239 e. The van der Waals surface area contributed by atoms with Gasteiger partial charge in [-0.1, -0.05) is 11.8 Å². The Hall–Kier alpha value is -1.57. The highest BCUT2D eigenvalue weighted by Crippen LogP contribution is 2.19. The SMILES string of the molecule is CC(C)n1cnnc1SCC(=O)N(C)CC(=O)NC1CC1. The summed E-state index contributed by atoms with van der Waals surface area (Å²) in [5.74, 6) is 0.0615. The van der Waals surface area contributed by atoms with Crippen molar-refractivity contribution < 1.29 is 9.59 Å². The number of carbonyl (C=O) groups is 2. The Morgan fingerprint density at radius 3 is 2.86 bits per heavy atom. The fraction of sp³-hybridized carbons (Fsp3) is 0.692. The summed E-state index contributed by atoms with van der Waals surface area (Å²) in [6, 6.07) is 0.569. The smallest absolute Gasteiger partial charge is 0.239 e. The fourth-order valence-corrected chi connectivity index (χ4v) is 2.72. The molecule has 116 valence electrons.